The molecular weight excluding hydrogens is 247 g/mol. The average Bonchev–Trinajstić information content (AvgIpc) is 2.27. The lowest BCUT2D eigenvalue weighted by Gasteiger charge is -2.26. The molecule has 0 saturated heterocycles. The molecule has 1 N–H and O–H groups in total. The Bertz CT molecular complexity index is 507. The Morgan fingerprint density at radius 2 is 2.21 bits per heavy atom. The normalized spacial score (nSPS) is 10.7. The molecule has 1 amide bonds. The lowest BCUT2D eigenvalue weighted by atomic mass is 9.94. The minimum absolute atomic E-state index is 0.180. The van der Waals surface area contributed by atoms with Crippen LogP contribution in [0.5, 0.6) is 5.75 Å². The van der Waals surface area contributed by atoms with E-state index in [2.05, 4.69) is 5.32 Å². The Hall–Kier alpha value is -2.09. The van der Waals surface area contributed by atoms with Crippen LogP contribution >= 0.6 is 0 Å². The molecule has 0 atom stereocenters. The number of rotatable bonds is 5. The van der Waals surface area contributed by atoms with Gasteiger partial charge in [0.05, 0.1) is 13.2 Å². The van der Waals surface area contributed by atoms with E-state index in [1.54, 1.807) is 18.2 Å². The monoisotopic (exact) mass is 264 g/mol. The van der Waals surface area contributed by atoms with Crippen LogP contribution in [0.4, 0.5) is 4.39 Å². The van der Waals surface area contributed by atoms with Gasteiger partial charge in [0, 0.05) is 5.54 Å². The molecule has 19 heavy (non-hydrogen) atoms. The van der Waals surface area contributed by atoms with Gasteiger partial charge in [-0.05, 0) is 38.0 Å². The number of ether oxygens (including phenoxy) is 1. The zero-order valence-electron chi connectivity index (χ0n) is 11.3. The highest BCUT2D eigenvalue weighted by atomic mass is 19.1. The number of amides is 1. The Kier molecular flexibility index (Phi) is 4.87. The van der Waals surface area contributed by atoms with Crippen molar-refractivity contribution in [3.8, 4) is 11.8 Å². The van der Waals surface area contributed by atoms with Crippen LogP contribution in [0.3, 0.4) is 0 Å². The Morgan fingerprint density at radius 1 is 1.53 bits per heavy atom. The minimum atomic E-state index is -0.547. The molecule has 1 aromatic carbocycles. The largest absolute Gasteiger partial charge is 0.494 e. The molecule has 1 rings (SSSR count). The van der Waals surface area contributed by atoms with Crippen molar-refractivity contribution in [2.24, 2.45) is 0 Å². The number of halogens is 1. The maximum atomic E-state index is 13.6. The molecule has 1 aromatic rings. The van der Waals surface area contributed by atoms with Crippen LogP contribution in [-0.2, 0) is 11.2 Å². The minimum Gasteiger partial charge on any atom is -0.494 e. The summed E-state index contributed by atoms with van der Waals surface area (Å²) >= 11 is 0. The third kappa shape index (κ3) is 4.59. The number of carbonyl (C=O) groups excluding carboxylic acids is 1. The van der Waals surface area contributed by atoms with Gasteiger partial charge in [-0.2, -0.15) is 5.26 Å². The number of benzene rings is 1. The van der Waals surface area contributed by atoms with Crippen molar-refractivity contribution in [3.05, 3.63) is 29.6 Å². The molecule has 0 spiro atoms. The summed E-state index contributed by atoms with van der Waals surface area (Å²) in [5.74, 6) is -0.573. The fourth-order valence-electron chi connectivity index (χ4n) is 1.87. The summed E-state index contributed by atoms with van der Waals surface area (Å²) in [5.41, 5.74) is 0.204. The number of nitrogens with zero attached hydrogens (tertiary/aromatic N) is 1. The maximum absolute atomic E-state index is 13.6. The van der Waals surface area contributed by atoms with Crippen LogP contribution < -0.4 is 10.1 Å². The van der Waals surface area contributed by atoms with E-state index in [-0.39, 0.29) is 18.1 Å². The summed E-state index contributed by atoms with van der Waals surface area (Å²) in [6.07, 6.45) is 0.283. The van der Waals surface area contributed by atoms with E-state index in [0.29, 0.717) is 6.42 Å². The van der Waals surface area contributed by atoms with Crippen molar-refractivity contribution in [1.29, 1.82) is 5.26 Å². The molecule has 0 fully saturated rings. The zero-order valence-corrected chi connectivity index (χ0v) is 11.3. The quantitative estimate of drug-likeness (QED) is 0.886. The summed E-state index contributed by atoms with van der Waals surface area (Å²) < 4.78 is 18.4. The van der Waals surface area contributed by atoms with Crippen LogP contribution in [0.15, 0.2) is 18.2 Å². The standard InChI is InChI=1S/C14H17FN2O2/c1-14(2,17-13(18)6-7-16)9-10-4-5-12(19-3)11(15)8-10/h4-5,8H,6,9H2,1-3H3,(H,17,18). The van der Waals surface area contributed by atoms with Crippen molar-refractivity contribution < 1.29 is 13.9 Å². The van der Waals surface area contributed by atoms with Gasteiger partial charge < -0.3 is 10.1 Å². The van der Waals surface area contributed by atoms with E-state index >= 15 is 0 Å². The van der Waals surface area contributed by atoms with Gasteiger partial charge in [0.15, 0.2) is 11.6 Å². The molecule has 0 heterocycles. The molecule has 0 bridgehead atoms. The van der Waals surface area contributed by atoms with Gasteiger partial charge in [-0.25, -0.2) is 4.39 Å². The van der Waals surface area contributed by atoms with Gasteiger partial charge in [-0.3, -0.25) is 4.79 Å². The van der Waals surface area contributed by atoms with Crippen molar-refractivity contribution in [3.63, 3.8) is 0 Å². The molecule has 0 aromatic heterocycles. The van der Waals surface area contributed by atoms with Crippen molar-refractivity contribution in [2.75, 3.05) is 7.11 Å². The van der Waals surface area contributed by atoms with Gasteiger partial charge in [-0.15, -0.1) is 0 Å². The molecule has 0 aliphatic heterocycles. The average molecular weight is 264 g/mol. The third-order valence-corrected chi connectivity index (χ3v) is 2.58. The van der Waals surface area contributed by atoms with Gasteiger partial charge in [0.2, 0.25) is 5.91 Å². The summed E-state index contributed by atoms with van der Waals surface area (Å²) in [7, 11) is 1.41. The number of nitriles is 1. The SMILES string of the molecule is COc1ccc(CC(C)(C)NC(=O)CC#N)cc1F. The van der Waals surface area contributed by atoms with E-state index in [9.17, 15) is 9.18 Å². The summed E-state index contributed by atoms with van der Waals surface area (Å²) in [5, 5.41) is 11.2. The number of carbonyl (C=O) groups is 1. The topological polar surface area (TPSA) is 62.1 Å². The van der Waals surface area contributed by atoms with Gasteiger partial charge in [-0.1, -0.05) is 6.07 Å². The second-order valence-electron chi connectivity index (χ2n) is 4.91. The molecule has 0 aliphatic carbocycles. The highest BCUT2D eigenvalue weighted by Gasteiger charge is 2.21. The summed E-state index contributed by atoms with van der Waals surface area (Å²) in [4.78, 5) is 11.4. The zero-order chi connectivity index (χ0) is 14.5. The van der Waals surface area contributed by atoms with Crippen LogP contribution in [0.2, 0.25) is 0 Å². The first-order chi connectivity index (χ1) is 8.88. The molecule has 0 aliphatic rings. The van der Waals surface area contributed by atoms with Crippen LogP contribution in [0.1, 0.15) is 25.8 Å². The summed E-state index contributed by atoms with van der Waals surface area (Å²) in [6.45, 7) is 3.65. The Labute approximate surface area is 112 Å². The number of nitrogens with one attached hydrogen (secondary N) is 1. The van der Waals surface area contributed by atoms with E-state index in [4.69, 9.17) is 10.00 Å². The second-order valence-corrected chi connectivity index (χ2v) is 4.91. The first kappa shape index (κ1) is 15.0. The molecule has 4 nitrogen and oxygen atoms in total. The second kappa shape index (κ2) is 6.19. The molecule has 0 saturated carbocycles. The van der Waals surface area contributed by atoms with Crippen molar-refractivity contribution in [1.82, 2.24) is 5.32 Å². The highest BCUT2D eigenvalue weighted by molar-refractivity contribution is 5.78. The predicted molar refractivity (Wildman–Crippen MR) is 69.1 cm³/mol. The first-order valence-corrected chi connectivity index (χ1v) is 5.88. The van der Waals surface area contributed by atoms with E-state index < -0.39 is 11.4 Å². The van der Waals surface area contributed by atoms with Crippen LogP contribution in [0.25, 0.3) is 0 Å². The predicted octanol–water partition coefficient (Wildman–Crippen LogP) is 2.19. The van der Waals surface area contributed by atoms with E-state index in [0.717, 1.165) is 5.56 Å². The highest BCUT2D eigenvalue weighted by Crippen LogP contribution is 2.20. The van der Waals surface area contributed by atoms with Gasteiger partial charge >= 0.3 is 0 Å². The molecule has 0 radical (unpaired) electrons. The first-order valence-electron chi connectivity index (χ1n) is 5.88. The van der Waals surface area contributed by atoms with Crippen LogP contribution in [0, 0.1) is 17.1 Å². The van der Waals surface area contributed by atoms with Gasteiger partial charge in [0.1, 0.15) is 6.42 Å². The molecule has 102 valence electrons. The third-order valence-electron chi connectivity index (χ3n) is 2.58. The Morgan fingerprint density at radius 3 is 2.74 bits per heavy atom. The lowest BCUT2D eigenvalue weighted by molar-refractivity contribution is -0.121. The van der Waals surface area contributed by atoms with Crippen LogP contribution in [-0.4, -0.2) is 18.6 Å². The fourth-order valence-corrected chi connectivity index (χ4v) is 1.87. The molecule has 0 unspecified atom stereocenters. The van der Waals surface area contributed by atoms with E-state index in [1.165, 1.54) is 13.2 Å². The summed E-state index contributed by atoms with van der Waals surface area (Å²) in [6, 6.07) is 6.48. The van der Waals surface area contributed by atoms with E-state index in [1.807, 2.05) is 13.8 Å². The van der Waals surface area contributed by atoms with Gasteiger partial charge in [0.25, 0.3) is 0 Å². The molecule has 5 heteroatoms. The number of hydrogen-bond acceptors (Lipinski definition) is 3. The number of hydrogen-bond donors (Lipinski definition) is 1. The maximum Gasteiger partial charge on any atom is 0.234 e. The fraction of sp³-hybridized carbons (Fsp3) is 0.429. The lowest BCUT2D eigenvalue weighted by Crippen LogP contribution is -2.44. The molecular formula is C14H17FN2O2. The Balaban J connectivity index is 2.75. The van der Waals surface area contributed by atoms with Crippen molar-refractivity contribution >= 4 is 5.91 Å². The smallest absolute Gasteiger partial charge is 0.234 e. The number of methoxy groups -OCH3 is 1. The van der Waals surface area contributed by atoms with Crippen molar-refractivity contribution in [2.45, 2.75) is 32.2 Å².